The van der Waals surface area contributed by atoms with Crippen LogP contribution in [-0.2, 0) is 0 Å². The Balaban J connectivity index is 1.86. The van der Waals surface area contributed by atoms with Crippen LogP contribution in [0.2, 0.25) is 0 Å². The van der Waals surface area contributed by atoms with Crippen molar-refractivity contribution in [3.05, 3.63) is 58.6 Å². The molecule has 0 radical (unpaired) electrons. The average molecular weight is 356 g/mol. The number of H-pyrrole nitrogens is 1. The van der Waals surface area contributed by atoms with Crippen molar-refractivity contribution in [1.82, 2.24) is 24.5 Å². The van der Waals surface area contributed by atoms with Crippen LogP contribution in [0.15, 0.2) is 47.2 Å². The molecule has 0 spiro atoms. The zero-order valence-corrected chi connectivity index (χ0v) is 13.8. The highest BCUT2D eigenvalue weighted by Gasteiger charge is 2.12. The molecule has 0 bridgehead atoms. The lowest BCUT2D eigenvalue weighted by Crippen LogP contribution is -2.02. The van der Waals surface area contributed by atoms with Gasteiger partial charge in [0.05, 0.1) is 17.4 Å². The van der Waals surface area contributed by atoms with E-state index in [4.69, 9.17) is 5.10 Å². The number of aryl methyl sites for hydroxylation is 2. The van der Waals surface area contributed by atoms with Crippen molar-refractivity contribution in [2.75, 3.05) is 0 Å². The summed E-state index contributed by atoms with van der Waals surface area (Å²) in [4.78, 5) is 0. The highest BCUT2D eigenvalue weighted by molar-refractivity contribution is 9.10. The molecule has 22 heavy (non-hydrogen) atoms. The number of nitrogens with one attached hydrogen (secondary N) is 1. The molecule has 0 atom stereocenters. The van der Waals surface area contributed by atoms with Gasteiger partial charge >= 0.3 is 0 Å². The molecular formula is C16H14BrN5. The van der Waals surface area contributed by atoms with Gasteiger partial charge in [-0.1, -0.05) is 0 Å². The van der Waals surface area contributed by atoms with Gasteiger partial charge in [0.1, 0.15) is 4.60 Å². The molecule has 0 fully saturated rings. The summed E-state index contributed by atoms with van der Waals surface area (Å²) >= 11 is 3.61. The molecular weight excluding hydrogens is 342 g/mol. The lowest BCUT2D eigenvalue weighted by atomic mass is 10.2. The minimum absolute atomic E-state index is 0.902. The number of hydrogen-bond acceptors (Lipinski definition) is 2. The summed E-state index contributed by atoms with van der Waals surface area (Å²) in [6.45, 7) is 4.16. The van der Waals surface area contributed by atoms with Crippen LogP contribution in [0, 0.1) is 13.8 Å². The molecule has 0 aliphatic heterocycles. The first kappa shape index (κ1) is 13.3. The molecule has 0 aliphatic rings. The highest BCUT2D eigenvalue weighted by Crippen LogP contribution is 2.24. The molecule has 1 N–H and O–H groups in total. The molecule has 3 aromatic heterocycles. The Kier molecular flexibility index (Phi) is 2.94. The van der Waals surface area contributed by atoms with Crippen molar-refractivity contribution in [3.63, 3.8) is 0 Å². The first-order valence-electron chi connectivity index (χ1n) is 6.98. The zero-order chi connectivity index (χ0) is 15.3. The normalized spacial score (nSPS) is 11.4. The number of aromatic nitrogens is 5. The molecule has 0 unspecified atom stereocenters. The van der Waals surface area contributed by atoms with Crippen LogP contribution in [0.25, 0.3) is 22.4 Å². The van der Waals surface area contributed by atoms with E-state index < -0.39 is 0 Å². The molecule has 1 aromatic carbocycles. The Morgan fingerprint density at radius 3 is 2.59 bits per heavy atom. The van der Waals surface area contributed by atoms with Gasteiger partial charge < -0.3 is 4.57 Å². The van der Waals surface area contributed by atoms with Gasteiger partial charge in [-0.3, -0.25) is 5.10 Å². The third-order valence-electron chi connectivity index (χ3n) is 3.82. The fourth-order valence-electron chi connectivity index (χ4n) is 2.73. The molecule has 110 valence electrons. The van der Waals surface area contributed by atoms with E-state index in [1.807, 2.05) is 29.1 Å². The molecule has 0 aliphatic carbocycles. The van der Waals surface area contributed by atoms with Crippen molar-refractivity contribution >= 4 is 26.8 Å². The SMILES string of the molecule is Cc1ccc(C)n1-c1cc(Br)n(-c2ccc3[nH]ncc3c2)n1. The van der Waals surface area contributed by atoms with E-state index in [2.05, 4.69) is 62.7 Å². The summed E-state index contributed by atoms with van der Waals surface area (Å²) in [5, 5.41) is 12.8. The predicted octanol–water partition coefficient (Wildman–Crippen LogP) is 3.92. The number of rotatable bonds is 2. The largest absolute Gasteiger partial charge is 0.302 e. The minimum Gasteiger partial charge on any atom is -0.302 e. The number of benzene rings is 1. The van der Waals surface area contributed by atoms with E-state index in [1.54, 1.807) is 0 Å². The van der Waals surface area contributed by atoms with Crippen molar-refractivity contribution in [3.8, 4) is 11.5 Å². The molecule has 4 aromatic rings. The van der Waals surface area contributed by atoms with Gasteiger partial charge in [-0.05, 0) is 60.1 Å². The topological polar surface area (TPSA) is 51.4 Å². The van der Waals surface area contributed by atoms with Crippen LogP contribution in [0.4, 0.5) is 0 Å². The minimum atomic E-state index is 0.902. The Morgan fingerprint density at radius 1 is 1.05 bits per heavy atom. The van der Waals surface area contributed by atoms with Gasteiger partial charge in [-0.25, -0.2) is 4.68 Å². The summed E-state index contributed by atoms with van der Waals surface area (Å²) in [5.41, 5.74) is 4.35. The second-order valence-corrected chi connectivity index (χ2v) is 6.14. The van der Waals surface area contributed by atoms with Crippen LogP contribution in [0.1, 0.15) is 11.4 Å². The second kappa shape index (κ2) is 4.84. The summed E-state index contributed by atoms with van der Waals surface area (Å²) in [7, 11) is 0. The van der Waals surface area contributed by atoms with E-state index in [0.29, 0.717) is 0 Å². The molecule has 0 saturated carbocycles. The van der Waals surface area contributed by atoms with E-state index in [0.717, 1.165) is 27.0 Å². The van der Waals surface area contributed by atoms with Crippen molar-refractivity contribution in [1.29, 1.82) is 0 Å². The number of halogens is 1. The lowest BCUT2D eigenvalue weighted by molar-refractivity contribution is 0.818. The predicted molar refractivity (Wildman–Crippen MR) is 89.7 cm³/mol. The van der Waals surface area contributed by atoms with Gasteiger partial charge in [0.25, 0.3) is 0 Å². The molecule has 4 rings (SSSR count). The molecule has 0 saturated heterocycles. The Labute approximate surface area is 135 Å². The summed E-state index contributed by atoms with van der Waals surface area (Å²) in [5.74, 6) is 0.902. The monoisotopic (exact) mass is 355 g/mol. The lowest BCUT2D eigenvalue weighted by Gasteiger charge is -2.05. The smallest absolute Gasteiger partial charge is 0.160 e. The number of nitrogens with zero attached hydrogens (tertiary/aromatic N) is 4. The van der Waals surface area contributed by atoms with Gasteiger partial charge in [0.15, 0.2) is 5.82 Å². The first-order chi connectivity index (χ1) is 10.6. The number of fused-ring (bicyclic) bond motifs is 1. The van der Waals surface area contributed by atoms with E-state index in [9.17, 15) is 0 Å². The van der Waals surface area contributed by atoms with Gasteiger partial charge in [-0.2, -0.15) is 5.10 Å². The van der Waals surface area contributed by atoms with E-state index in [1.165, 1.54) is 11.4 Å². The van der Waals surface area contributed by atoms with Crippen LogP contribution in [-0.4, -0.2) is 24.5 Å². The summed E-state index contributed by atoms with van der Waals surface area (Å²) in [6, 6.07) is 12.3. The molecule has 5 nitrogen and oxygen atoms in total. The maximum atomic E-state index is 4.74. The zero-order valence-electron chi connectivity index (χ0n) is 12.2. The van der Waals surface area contributed by atoms with Crippen molar-refractivity contribution < 1.29 is 0 Å². The second-order valence-electron chi connectivity index (χ2n) is 5.33. The van der Waals surface area contributed by atoms with Crippen molar-refractivity contribution in [2.45, 2.75) is 13.8 Å². The third kappa shape index (κ3) is 1.99. The van der Waals surface area contributed by atoms with Crippen LogP contribution in [0.5, 0.6) is 0 Å². The maximum Gasteiger partial charge on any atom is 0.160 e. The number of aromatic amines is 1. The van der Waals surface area contributed by atoms with Crippen LogP contribution >= 0.6 is 15.9 Å². The van der Waals surface area contributed by atoms with Crippen molar-refractivity contribution in [2.24, 2.45) is 0 Å². The van der Waals surface area contributed by atoms with Gasteiger partial charge in [0, 0.05) is 22.8 Å². The molecule has 0 amide bonds. The van der Waals surface area contributed by atoms with Gasteiger partial charge in [0.2, 0.25) is 0 Å². The fourth-order valence-corrected chi connectivity index (χ4v) is 3.22. The van der Waals surface area contributed by atoms with E-state index in [-0.39, 0.29) is 0 Å². The van der Waals surface area contributed by atoms with Crippen LogP contribution < -0.4 is 0 Å². The Hall–Kier alpha value is -2.34. The highest BCUT2D eigenvalue weighted by atomic mass is 79.9. The Morgan fingerprint density at radius 2 is 1.82 bits per heavy atom. The van der Waals surface area contributed by atoms with Crippen LogP contribution in [0.3, 0.4) is 0 Å². The maximum absolute atomic E-state index is 4.74. The Bertz CT molecular complexity index is 956. The quantitative estimate of drug-likeness (QED) is 0.592. The fraction of sp³-hybridized carbons (Fsp3) is 0.125. The van der Waals surface area contributed by atoms with Gasteiger partial charge in [-0.15, -0.1) is 5.10 Å². The first-order valence-corrected chi connectivity index (χ1v) is 7.77. The molecule has 6 heteroatoms. The standard InChI is InChI=1S/C16H14BrN5/c1-10-3-4-11(2)21(10)16-8-15(17)22(20-16)13-5-6-14-12(7-13)9-18-19-14/h3-9H,1-2H3,(H,18,19). The number of hydrogen-bond donors (Lipinski definition) is 1. The van der Waals surface area contributed by atoms with E-state index >= 15 is 0 Å². The average Bonchev–Trinajstić information content (AvgIpc) is 3.18. The summed E-state index contributed by atoms with van der Waals surface area (Å²) in [6.07, 6.45) is 1.82. The molecule has 3 heterocycles. The third-order valence-corrected chi connectivity index (χ3v) is 4.39. The summed E-state index contributed by atoms with van der Waals surface area (Å²) < 4.78 is 4.94.